The summed E-state index contributed by atoms with van der Waals surface area (Å²) in [4.78, 5) is 0. The van der Waals surface area contributed by atoms with Gasteiger partial charge in [0.15, 0.2) is 0 Å². The molecule has 6 heteroatoms. The lowest BCUT2D eigenvalue weighted by atomic mass is 10.0. The first-order valence-corrected chi connectivity index (χ1v) is 9.51. The third-order valence-corrected chi connectivity index (χ3v) is 5.12. The fraction of sp³-hybridized carbons (Fsp3) is 0.167. The number of nitrogens with zero attached hydrogens (tertiary/aromatic N) is 2. The third-order valence-electron chi connectivity index (χ3n) is 3.80. The van der Waals surface area contributed by atoms with Gasteiger partial charge >= 0.3 is 0 Å². The second-order valence-corrected chi connectivity index (χ2v) is 7.30. The quantitative estimate of drug-likeness (QED) is 0.400. The van der Waals surface area contributed by atoms with Gasteiger partial charge in [-0.25, -0.2) is 4.68 Å². The molecular weight excluding hydrogens is 430 g/mol. The number of hydrogen-bond donors (Lipinski definition) is 0. The molecule has 0 fully saturated rings. The van der Waals surface area contributed by atoms with Crippen molar-refractivity contribution in [3.63, 3.8) is 0 Å². The van der Waals surface area contributed by atoms with Gasteiger partial charge in [-0.1, -0.05) is 58.2 Å². The third kappa shape index (κ3) is 3.36. The maximum atomic E-state index is 6.41. The summed E-state index contributed by atoms with van der Waals surface area (Å²) in [5, 5.41) is 5.84. The van der Waals surface area contributed by atoms with Crippen molar-refractivity contribution in [1.29, 1.82) is 0 Å². The van der Waals surface area contributed by atoms with Crippen molar-refractivity contribution in [1.82, 2.24) is 9.78 Å². The topological polar surface area (TPSA) is 17.8 Å². The molecule has 0 saturated carbocycles. The highest BCUT2D eigenvalue weighted by Crippen LogP contribution is 2.34. The van der Waals surface area contributed by atoms with Crippen LogP contribution in [0.25, 0.3) is 16.9 Å². The lowest BCUT2D eigenvalue weighted by Crippen LogP contribution is -2.01. The molecule has 1 aromatic heterocycles. The van der Waals surface area contributed by atoms with Gasteiger partial charge in [-0.05, 0) is 36.8 Å². The Labute approximate surface area is 164 Å². The molecule has 0 aliphatic rings. The van der Waals surface area contributed by atoms with Crippen molar-refractivity contribution >= 4 is 50.7 Å². The van der Waals surface area contributed by atoms with E-state index in [9.17, 15) is 0 Å². The van der Waals surface area contributed by atoms with Gasteiger partial charge < -0.3 is 0 Å². The van der Waals surface area contributed by atoms with Crippen molar-refractivity contribution < 1.29 is 0 Å². The molecule has 3 aromatic rings. The smallest absolute Gasteiger partial charge is 0.0840 e. The number of alkyl halides is 1. The van der Waals surface area contributed by atoms with Crippen LogP contribution in [0.15, 0.2) is 46.9 Å². The van der Waals surface area contributed by atoms with Crippen LogP contribution in [0.3, 0.4) is 0 Å². The first kappa shape index (κ1) is 17.8. The summed E-state index contributed by atoms with van der Waals surface area (Å²) in [5.74, 6) is 0.352. The van der Waals surface area contributed by atoms with Crippen LogP contribution in [0, 0.1) is 0 Å². The van der Waals surface area contributed by atoms with Crippen molar-refractivity contribution in [3.8, 4) is 16.9 Å². The summed E-state index contributed by atoms with van der Waals surface area (Å²) in [6.07, 6.45) is 0.832. The van der Waals surface area contributed by atoms with Gasteiger partial charge in [0, 0.05) is 20.6 Å². The summed E-state index contributed by atoms with van der Waals surface area (Å²) in [6.45, 7) is 2.10. The second kappa shape index (κ2) is 7.49. The van der Waals surface area contributed by atoms with Gasteiger partial charge in [0.05, 0.1) is 28.0 Å². The highest BCUT2D eigenvalue weighted by atomic mass is 79.9. The van der Waals surface area contributed by atoms with Crippen LogP contribution in [0.4, 0.5) is 0 Å². The van der Waals surface area contributed by atoms with Gasteiger partial charge in [0.25, 0.3) is 0 Å². The monoisotopic (exact) mass is 442 g/mol. The van der Waals surface area contributed by atoms with Gasteiger partial charge in [-0.3, -0.25) is 0 Å². The summed E-state index contributed by atoms with van der Waals surface area (Å²) >= 11 is 22.0. The average molecular weight is 445 g/mol. The number of benzene rings is 2. The van der Waals surface area contributed by atoms with Crippen molar-refractivity contribution in [2.45, 2.75) is 19.2 Å². The molecule has 2 aromatic carbocycles. The molecule has 0 bridgehead atoms. The zero-order chi connectivity index (χ0) is 17.3. The van der Waals surface area contributed by atoms with E-state index in [1.54, 1.807) is 6.07 Å². The van der Waals surface area contributed by atoms with Crippen LogP contribution in [0.1, 0.15) is 18.2 Å². The Balaban J connectivity index is 2.29. The number of halogens is 4. The van der Waals surface area contributed by atoms with E-state index < -0.39 is 0 Å². The second-order valence-electron chi connectivity index (χ2n) is 5.28. The molecule has 0 N–H and O–H groups in total. The lowest BCUT2D eigenvalue weighted by molar-refractivity contribution is 0.865. The van der Waals surface area contributed by atoms with E-state index in [0.29, 0.717) is 15.9 Å². The zero-order valence-corrected chi connectivity index (χ0v) is 16.7. The fourth-order valence-corrected chi connectivity index (χ4v) is 3.67. The van der Waals surface area contributed by atoms with E-state index in [0.717, 1.165) is 39.1 Å². The maximum absolute atomic E-state index is 6.41. The standard InChI is InChI=1S/C18H14BrCl3N2/c1-2-14-16(10-20)23-24(17-8-7-13(21)9-15(17)22)18(14)11-3-5-12(19)6-4-11/h3-9H,2,10H2,1H3. The molecule has 3 rings (SSSR count). The largest absolute Gasteiger partial charge is 0.231 e. The van der Waals surface area contributed by atoms with Crippen LogP contribution in [-0.4, -0.2) is 9.78 Å². The average Bonchev–Trinajstić information content (AvgIpc) is 2.94. The van der Waals surface area contributed by atoms with Gasteiger partial charge in [0.1, 0.15) is 0 Å². The van der Waals surface area contributed by atoms with Crippen molar-refractivity contribution in [2.24, 2.45) is 0 Å². The Bertz CT molecular complexity index is 873. The number of rotatable bonds is 4. The summed E-state index contributed by atoms with van der Waals surface area (Å²) in [5.41, 5.74) is 4.83. The SMILES string of the molecule is CCc1c(CCl)nn(-c2ccc(Cl)cc2Cl)c1-c1ccc(Br)cc1. The molecule has 0 amide bonds. The number of aromatic nitrogens is 2. The van der Waals surface area contributed by atoms with Gasteiger partial charge in [-0.2, -0.15) is 5.10 Å². The van der Waals surface area contributed by atoms with Crippen LogP contribution < -0.4 is 0 Å². The van der Waals surface area contributed by atoms with E-state index in [1.165, 1.54) is 0 Å². The molecule has 124 valence electrons. The first-order chi connectivity index (χ1) is 11.5. The van der Waals surface area contributed by atoms with E-state index in [1.807, 2.05) is 28.9 Å². The van der Waals surface area contributed by atoms with Crippen LogP contribution in [0.5, 0.6) is 0 Å². The van der Waals surface area contributed by atoms with E-state index >= 15 is 0 Å². The summed E-state index contributed by atoms with van der Waals surface area (Å²) in [6, 6.07) is 13.5. The minimum absolute atomic E-state index is 0.352. The molecule has 0 saturated heterocycles. The van der Waals surface area contributed by atoms with E-state index in [-0.39, 0.29) is 0 Å². The van der Waals surface area contributed by atoms with Crippen LogP contribution in [0.2, 0.25) is 10.0 Å². The molecule has 0 aliphatic carbocycles. The normalized spacial score (nSPS) is 11.0. The summed E-state index contributed by atoms with van der Waals surface area (Å²) in [7, 11) is 0. The summed E-state index contributed by atoms with van der Waals surface area (Å²) < 4.78 is 2.88. The highest BCUT2D eigenvalue weighted by Gasteiger charge is 2.20. The van der Waals surface area contributed by atoms with Gasteiger partial charge in [-0.15, -0.1) is 11.6 Å². The van der Waals surface area contributed by atoms with Crippen molar-refractivity contribution in [3.05, 3.63) is 68.2 Å². The first-order valence-electron chi connectivity index (χ1n) is 7.43. The molecule has 0 radical (unpaired) electrons. The maximum Gasteiger partial charge on any atom is 0.0840 e. The minimum Gasteiger partial charge on any atom is -0.231 e. The zero-order valence-electron chi connectivity index (χ0n) is 12.9. The van der Waals surface area contributed by atoms with Gasteiger partial charge in [0.2, 0.25) is 0 Å². The van der Waals surface area contributed by atoms with Crippen LogP contribution >= 0.6 is 50.7 Å². The van der Waals surface area contributed by atoms with Crippen molar-refractivity contribution in [2.75, 3.05) is 0 Å². The molecule has 1 heterocycles. The highest BCUT2D eigenvalue weighted by molar-refractivity contribution is 9.10. The lowest BCUT2D eigenvalue weighted by Gasteiger charge is -2.11. The Kier molecular flexibility index (Phi) is 5.56. The molecule has 2 nitrogen and oxygen atoms in total. The molecule has 24 heavy (non-hydrogen) atoms. The van der Waals surface area contributed by atoms with E-state index in [2.05, 4.69) is 35.0 Å². The molecule has 0 spiro atoms. The molecule has 0 aliphatic heterocycles. The molecule has 0 atom stereocenters. The number of hydrogen-bond acceptors (Lipinski definition) is 1. The fourth-order valence-electron chi connectivity index (χ4n) is 2.71. The molecule has 0 unspecified atom stereocenters. The predicted molar refractivity (Wildman–Crippen MR) is 106 cm³/mol. The Hall–Kier alpha value is -1.00. The molecular formula is C18H14BrCl3N2. The van der Waals surface area contributed by atoms with E-state index in [4.69, 9.17) is 39.9 Å². The van der Waals surface area contributed by atoms with Crippen LogP contribution in [-0.2, 0) is 12.3 Å². The Morgan fingerprint density at radius 1 is 1.08 bits per heavy atom. The Morgan fingerprint density at radius 2 is 1.79 bits per heavy atom. The Morgan fingerprint density at radius 3 is 2.38 bits per heavy atom. The minimum atomic E-state index is 0.352. The predicted octanol–water partition coefficient (Wildman–Crippen LogP) is 6.91.